The van der Waals surface area contributed by atoms with Crippen molar-refractivity contribution in [2.45, 2.75) is 31.5 Å². The lowest BCUT2D eigenvalue weighted by Crippen LogP contribution is -2.52. The number of hydrogen-bond acceptors (Lipinski definition) is 5. The average Bonchev–Trinajstić information content (AvgIpc) is 3.36. The van der Waals surface area contributed by atoms with Gasteiger partial charge in [0.2, 0.25) is 5.91 Å². The van der Waals surface area contributed by atoms with E-state index >= 15 is 0 Å². The minimum Gasteiger partial charge on any atom is -0.445 e. The van der Waals surface area contributed by atoms with E-state index in [1.54, 1.807) is 0 Å². The van der Waals surface area contributed by atoms with Crippen molar-refractivity contribution in [2.75, 3.05) is 18.2 Å². The average molecular weight is 388 g/mol. The largest absolute Gasteiger partial charge is 0.445 e. The summed E-state index contributed by atoms with van der Waals surface area (Å²) >= 11 is 1.47. The topological polar surface area (TPSA) is 103 Å². The Bertz CT molecular complexity index is 766. The van der Waals surface area contributed by atoms with Gasteiger partial charge in [-0.15, -0.1) is 11.8 Å². The number of hydrogen-bond donors (Lipinski definition) is 0. The summed E-state index contributed by atoms with van der Waals surface area (Å²) in [5, 5.41) is 0. The fourth-order valence-corrected chi connectivity index (χ4v) is 4.42. The fraction of sp³-hybridized carbons (Fsp3) is 0.444. The van der Waals surface area contributed by atoms with Gasteiger partial charge in [-0.05, 0) is 18.4 Å². The number of thioether (sulfide) groups is 1. The van der Waals surface area contributed by atoms with E-state index in [0.717, 1.165) is 11.8 Å². The van der Waals surface area contributed by atoms with E-state index in [2.05, 4.69) is 4.79 Å². The fourth-order valence-electron chi connectivity index (χ4n) is 3.29. The highest BCUT2D eigenvalue weighted by molar-refractivity contribution is 7.99. The second-order valence-corrected chi connectivity index (χ2v) is 7.36. The van der Waals surface area contributed by atoms with Crippen LogP contribution in [-0.4, -0.2) is 68.8 Å². The van der Waals surface area contributed by atoms with Crippen LogP contribution in [0.25, 0.3) is 5.53 Å². The van der Waals surface area contributed by atoms with Crippen LogP contribution in [0.15, 0.2) is 30.3 Å². The Balaban J connectivity index is 1.64. The van der Waals surface area contributed by atoms with Gasteiger partial charge < -0.3 is 15.2 Å². The summed E-state index contributed by atoms with van der Waals surface area (Å²) in [6, 6.07) is 8.03. The van der Waals surface area contributed by atoms with E-state index in [1.165, 1.54) is 21.6 Å². The number of amides is 2. The number of ether oxygens (including phenoxy) is 1. The molecule has 0 radical (unpaired) electrons. The van der Waals surface area contributed by atoms with Gasteiger partial charge in [0.15, 0.2) is 0 Å². The van der Waals surface area contributed by atoms with Crippen LogP contribution in [0.1, 0.15) is 18.4 Å². The lowest BCUT2D eigenvalue weighted by molar-refractivity contribution is -0.139. The Kier molecular flexibility index (Phi) is 6.26. The second-order valence-electron chi connectivity index (χ2n) is 6.36. The van der Waals surface area contributed by atoms with Crippen LogP contribution in [0.4, 0.5) is 4.79 Å². The van der Waals surface area contributed by atoms with Crippen LogP contribution < -0.4 is 0 Å². The minimum atomic E-state index is -0.655. The first-order valence-electron chi connectivity index (χ1n) is 8.68. The van der Waals surface area contributed by atoms with Crippen molar-refractivity contribution >= 4 is 35.8 Å². The predicted molar refractivity (Wildman–Crippen MR) is 99.0 cm³/mol. The maximum absolute atomic E-state index is 13.0. The zero-order valence-electron chi connectivity index (χ0n) is 14.7. The molecule has 2 amide bonds. The Hall–Kier alpha value is -2.64. The van der Waals surface area contributed by atoms with Gasteiger partial charge in [0.05, 0.1) is 5.88 Å². The zero-order chi connectivity index (χ0) is 19.2. The van der Waals surface area contributed by atoms with Crippen molar-refractivity contribution in [3.63, 3.8) is 0 Å². The lowest BCUT2D eigenvalue weighted by Gasteiger charge is -2.29. The molecule has 2 heterocycles. The van der Waals surface area contributed by atoms with Gasteiger partial charge in [0.25, 0.3) is 5.78 Å². The van der Waals surface area contributed by atoms with Gasteiger partial charge >= 0.3 is 12.3 Å². The van der Waals surface area contributed by atoms with Crippen LogP contribution in [-0.2, 0) is 20.9 Å². The summed E-state index contributed by atoms with van der Waals surface area (Å²) in [4.78, 5) is 43.1. The Labute approximate surface area is 161 Å². The molecule has 8 nitrogen and oxygen atoms in total. The van der Waals surface area contributed by atoms with Crippen molar-refractivity contribution in [1.29, 1.82) is 0 Å². The molecule has 9 heteroatoms. The maximum atomic E-state index is 13.0. The van der Waals surface area contributed by atoms with Crippen LogP contribution in [0, 0.1) is 0 Å². The van der Waals surface area contributed by atoms with Gasteiger partial charge in [0, 0.05) is 12.3 Å². The van der Waals surface area contributed by atoms with Gasteiger partial charge in [-0.25, -0.2) is 4.79 Å². The summed E-state index contributed by atoms with van der Waals surface area (Å²) in [6.45, 7) is 0.585. The summed E-state index contributed by atoms with van der Waals surface area (Å²) < 4.78 is 5.35. The van der Waals surface area contributed by atoms with Crippen molar-refractivity contribution in [1.82, 2.24) is 9.80 Å². The number of likely N-dealkylation sites (tertiary alicyclic amines) is 1. The number of ketones is 1. The van der Waals surface area contributed by atoms with Crippen LogP contribution in [0.5, 0.6) is 0 Å². The number of carbonyl (C=O) groups is 3. The molecule has 0 aliphatic carbocycles. The molecule has 0 saturated carbocycles. The van der Waals surface area contributed by atoms with Crippen molar-refractivity contribution < 1.29 is 23.9 Å². The van der Waals surface area contributed by atoms with Gasteiger partial charge in [-0.2, -0.15) is 4.79 Å². The molecular formula is C18H20N4O4S. The van der Waals surface area contributed by atoms with Crippen molar-refractivity contribution in [2.24, 2.45) is 0 Å². The third-order valence-electron chi connectivity index (χ3n) is 4.66. The number of nitrogens with zero attached hydrogens (tertiary/aromatic N) is 4. The number of rotatable bonds is 5. The molecule has 3 rings (SSSR count). The van der Waals surface area contributed by atoms with E-state index in [4.69, 9.17) is 10.3 Å². The molecule has 0 N–H and O–H groups in total. The Morgan fingerprint density at radius 3 is 2.74 bits per heavy atom. The molecule has 0 spiro atoms. The van der Waals surface area contributed by atoms with Crippen LogP contribution in [0.3, 0.4) is 0 Å². The first-order chi connectivity index (χ1) is 13.1. The lowest BCUT2D eigenvalue weighted by atomic mass is 10.1. The molecule has 2 aliphatic rings. The first-order valence-corrected chi connectivity index (χ1v) is 9.84. The molecule has 1 aromatic rings. The molecule has 142 valence electrons. The third-order valence-corrected chi connectivity index (χ3v) is 5.67. The normalized spacial score (nSPS) is 21.6. The molecule has 27 heavy (non-hydrogen) atoms. The molecule has 0 bridgehead atoms. The van der Waals surface area contributed by atoms with E-state index in [-0.39, 0.29) is 12.5 Å². The molecule has 2 atom stereocenters. The third kappa shape index (κ3) is 4.37. The van der Waals surface area contributed by atoms with Gasteiger partial charge in [-0.1, -0.05) is 30.3 Å². The molecule has 0 unspecified atom stereocenters. The zero-order valence-corrected chi connectivity index (χ0v) is 15.5. The molecule has 1 aromatic carbocycles. The molecule has 0 aromatic heterocycles. The molecule has 2 aliphatic heterocycles. The van der Waals surface area contributed by atoms with E-state index in [0.29, 0.717) is 31.0 Å². The van der Waals surface area contributed by atoms with E-state index in [9.17, 15) is 14.4 Å². The van der Waals surface area contributed by atoms with Crippen molar-refractivity contribution in [3.05, 3.63) is 41.4 Å². The van der Waals surface area contributed by atoms with Crippen molar-refractivity contribution in [3.8, 4) is 0 Å². The predicted octanol–water partition coefficient (Wildman–Crippen LogP) is 1.56. The molecular weight excluding hydrogens is 368 g/mol. The Morgan fingerprint density at radius 1 is 1.22 bits per heavy atom. The number of carbonyl (C=O) groups excluding carboxylic acids is 3. The van der Waals surface area contributed by atoms with Gasteiger partial charge in [0.1, 0.15) is 18.7 Å². The summed E-state index contributed by atoms with van der Waals surface area (Å²) in [5.41, 5.74) is 9.44. The number of Topliss-reactive ketones (excluding diaryl/α,β-unsaturated/α-hetero) is 1. The highest BCUT2D eigenvalue weighted by atomic mass is 32.2. The SMILES string of the molecule is [N-]=[N+]=CC(=O)[C@@H]1CCCN1C(=O)[C@@H]1CSCN1C(=O)OCc1ccccc1. The first kappa shape index (κ1) is 19.1. The standard InChI is InChI=1S/C18H20N4O4S/c19-20-9-16(23)14-7-4-8-21(14)17(24)15-11-27-12-22(15)18(25)26-10-13-5-2-1-3-6-13/h1-3,5-6,9,14-15H,4,7-8,10-12H2/t14-,15-/m0/s1. The van der Waals surface area contributed by atoms with E-state index < -0.39 is 24.0 Å². The maximum Gasteiger partial charge on any atom is 0.411 e. The summed E-state index contributed by atoms with van der Waals surface area (Å²) in [6.07, 6.45) is 1.50. The smallest absolute Gasteiger partial charge is 0.411 e. The highest BCUT2D eigenvalue weighted by Crippen LogP contribution is 2.27. The minimum absolute atomic E-state index is 0.138. The highest BCUT2D eigenvalue weighted by Gasteiger charge is 2.43. The summed E-state index contributed by atoms with van der Waals surface area (Å²) in [7, 11) is 0. The number of benzene rings is 1. The molecule has 2 fully saturated rings. The Morgan fingerprint density at radius 2 is 2.00 bits per heavy atom. The van der Waals surface area contributed by atoms with E-state index in [1.807, 2.05) is 30.3 Å². The van der Waals surface area contributed by atoms with Gasteiger partial charge in [-0.3, -0.25) is 14.5 Å². The van der Waals surface area contributed by atoms with Crippen LogP contribution in [0.2, 0.25) is 0 Å². The summed E-state index contributed by atoms with van der Waals surface area (Å²) in [5.74, 6) is 0.158. The van der Waals surface area contributed by atoms with Crippen LogP contribution >= 0.6 is 11.8 Å². The second kappa shape index (κ2) is 8.83. The quantitative estimate of drug-likeness (QED) is 0.433. The molecule has 2 saturated heterocycles. The monoisotopic (exact) mass is 388 g/mol.